The molecule has 0 unspecified atom stereocenters. The summed E-state index contributed by atoms with van der Waals surface area (Å²) < 4.78 is 19.5. The summed E-state index contributed by atoms with van der Waals surface area (Å²) in [6, 6.07) is 15.8. The van der Waals surface area contributed by atoms with E-state index in [1.165, 1.54) is 6.07 Å². The number of hydrogen-bond acceptors (Lipinski definition) is 5. The SMILES string of the molecule is COc1ccc(-c2nncc(-c3ccc(F)c(-c4cccnc4)c3)n2)cc1. The summed E-state index contributed by atoms with van der Waals surface area (Å²) in [6.45, 7) is 0. The Balaban J connectivity index is 1.74. The molecule has 4 rings (SSSR count). The van der Waals surface area contributed by atoms with Gasteiger partial charge in [-0.1, -0.05) is 6.07 Å². The molecule has 5 nitrogen and oxygen atoms in total. The molecule has 4 aromatic rings. The number of rotatable bonds is 4. The minimum absolute atomic E-state index is 0.316. The number of hydrogen-bond donors (Lipinski definition) is 0. The van der Waals surface area contributed by atoms with Gasteiger partial charge in [-0.2, -0.15) is 5.10 Å². The molecule has 0 radical (unpaired) electrons. The van der Waals surface area contributed by atoms with Gasteiger partial charge in [0.25, 0.3) is 0 Å². The second kappa shape index (κ2) is 7.29. The molecule has 0 amide bonds. The Bertz CT molecular complexity index is 1070. The lowest BCUT2D eigenvalue weighted by Crippen LogP contribution is -1.96. The van der Waals surface area contributed by atoms with Crippen molar-refractivity contribution in [3.8, 4) is 39.5 Å². The molecular weight excluding hydrogens is 343 g/mol. The van der Waals surface area contributed by atoms with Gasteiger partial charge in [-0.05, 0) is 48.5 Å². The molecule has 0 fully saturated rings. The predicted octanol–water partition coefficient (Wildman–Crippen LogP) is 4.42. The molecule has 0 saturated carbocycles. The molecule has 0 aliphatic rings. The van der Waals surface area contributed by atoms with Crippen molar-refractivity contribution >= 4 is 0 Å². The van der Waals surface area contributed by atoms with Crippen molar-refractivity contribution in [2.45, 2.75) is 0 Å². The summed E-state index contributed by atoms with van der Waals surface area (Å²) >= 11 is 0. The van der Waals surface area contributed by atoms with Gasteiger partial charge in [0.1, 0.15) is 11.6 Å². The van der Waals surface area contributed by atoms with E-state index in [1.807, 2.05) is 30.3 Å². The molecule has 0 N–H and O–H groups in total. The van der Waals surface area contributed by atoms with Crippen LogP contribution < -0.4 is 4.74 Å². The van der Waals surface area contributed by atoms with Crippen LogP contribution in [-0.4, -0.2) is 27.3 Å². The molecule has 0 atom stereocenters. The van der Waals surface area contributed by atoms with Crippen LogP contribution in [0.3, 0.4) is 0 Å². The van der Waals surface area contributed by atoms with E-state index in [1.54, 1.807) is 43.9 Å². The van der Waals surface area contributed by atoms with Gasteiger partial charge < -0.3 is 4.74 Å². The summed E-state index contributed by atoms with van der Waals surface area (Å²) in [5.74, 6) is 0.925. The second-order valence-corrected chi connectivity index (χ2v) is 5.83. The first kappa shape index (κ1) is 16.8. The van der Waals surface area contributed by atoms with E-state index in [9.17, 15) is 4.39 Å². The summed E-state index contributed by atoms with van der Waals surface area (Å²) in [6.07, 6.45) is 4.84. The average Bonchev–Trinajstić information content (AvgIpc) is 2.75. The topological polar surface area (TPSA) is 60.8 Å². The number of methoxy groups -OCH3 is 1. The van der Waals surface area contributed by atoms with Crippen LogP contribution in [0.1, 0.15) is 0 Å². The van der Waals surface area contributed by atoms with Gasteiger partial charge in [-0.15, -0.1) is 5.10 Å². The first-order valence-electron chi connectivity index (χ1n) is 8.29. The van der Waals surface area contributed by atoms with Crippen molar-refractivity contribution in [3.63, 3.8) is 0 Å². The molecule has 27 heavy (non-hydrogen) atoms. The van der Waals surface area contributed by atoms with Crippen molar-refractivity contribution in [3.05, 3.63) is 79.0 Å². The van der Waals surface area contributed by atoms with E-state index in [-0.39, 0.29) is 5.82 Å². The van der Waals surface area contributed by atoms with Crippen LogP contribution in [0.4, 0.5) is 4.39 Å². The predicted molar refractivity (Wildman–Crippen MR) is 100 cm³/mol. The fourth-order valence-corrected chi connectivity index (χ4v) is 2.73. The molecule has 132 valence electrons. The molecule has 2 aromatic heterocycles. The third kappa shape index (κ3) is 3.50. The van der Waals surface area contributed by atoms with Crippen molar-refractivity contribution < 1.29 is 9.13 Å². The Morgan fingerprint density at radius 3 is 2.44 bits per heavy atom. The van der Waals surface area contributed by atoms with Crippen LogP contribution >= 0.6 is 0 Å². The maximum atomic E-state index is 14.3. The molecule has 2 aromatic carbocycles. The van der Waals surface area contributed by atoms with E-state index < -0.39 is 0 Å². The first-order chi connectivity index (χ1) is 13.2. The van der Waals surface area contributed by atoms with E-state index in [2.05, 4.69) is 20.2 Å². The minimum Gasteiger partial charge on any atom is -0.497 e. The van der Waals surface area contributed by atoms with Crippen molar-refractivity contribution in [2.75, 3.05) is 7.11 Å². The number of aromatic nitrogens is 4. The van der Waals surface area contributed by atoms with Crippen molar-refractivity contribution in [1.29, 1.82) is 0 Å². The number of benzene rings is 2. The van der Waals surface area contributed by atoms with Crippen LogP contribution in [0.2, 0.25) is 0 Å². The lowest BCUT2D eigenvalue weighted by Gasteiger charge is -2.08. The van der Waals surface area contributed by atoms with Crippen LogP contribution in [0.15, 0.2) is 73.2 Å². The largest absolute Gasteiger partial charge is 0.497 e. The maximum absolute atomic E-state index is 14.3. The smallest absolute Gasteiger partial charge is 0.182 e. The zero-order chi connectivity index (χ0) is 18.6. The monoisotopic (exact) mass is 358 g/mol. The molecule has 0 spiro atoms. The zero-order valence-corrected chi connectivity index (χ0v) is 14.5. The van der Waals surface area contributed by atoms with Gasteiger partial charge in [0.2, 0.25) is 0 Å². The Morgan fingerprint density at radius 2 is 1.70 bits per heavy atom. The van der Waals surface area contributed by atoms with Crippen LogP contribution in [0.25, 0.3) is 33.8 Å². The zero-order valence-electron chi connectivity index (χ0n) is 14.5. The van der Waals surface area contributed by atoms with E-state index in [4.69, 9.17) is 4.74 Å². The highest BCUT2D eigenvalue weighted by Crippen LogP contribution is 2.28. The highest BCUT2D eigenvalue weighted by Gasteiger charge is 2.11. The molecule has 2 heterocycles. The van der Waals surface area contributed by atoms with Crippen molar-refractivity contribution in [2.24, 2.45) is 0 Å². The molecule has 0 aliphatic heterocycles. The fraction of sp³-hybridized carbons (Fsp3) is 0.0476. The lowest BCUT2D eigenvalue weighted by molar-refractivity contribution is 0.415. The van der Waals surface area contributed by atoms with E-state index in [0.29, 0.717) is 22.6 Å². The Kier molecular flexibility index (Phi) is 4.53. The summed E-state index contributed by atoms with van der Waals surface area (Å²) in [5, 5.41) is 8.16. The fourth-order valence-electron chi connectivity index (χ4n) is 2.73. The van der Waals surface area contributed by atoms with Gasteiger partial charge in [0.05, 0.1) is 19.0 Å². The van der Waals surface area contributed by atoms with Crippen molar-refractivity contribution in [1.82, 2.24) is 20.2 Å². The average molecular weight is 358 g/mol. The quantitative estimate of drug-likeness (QED) is 0.541. The summed E-state index contributed by atoms with van der Waals surface area (Å²) in [4.78, 5) is 8.64. The number of nitrogens with zero attached hydrogens (tertiary/aromatic N) is 4. The summed E-state index contributed by atoms with van der Waals surface area (Å²) in [7, 11) is 1.61. The van der Waals surface area contributed by atoms with Crippen LogP contribution in [0.5, 0.6) is 5.75 Å². The third-order valence-corrected chi connectivity index (χ3v) is 4.14. The van der Waals surface area contributed by atoms with Gasteiger partial charge >= 0.3 is 0 Å². The van der Waals surface area contributed by atoms with E-state index in [0.717, 1.165) is 16.9 Å². The van der Waals surface area contributed by atoms with Gasteiger partial charge in [-0.3, -0.25) is 4.98 Å². The second-order valence-electron chi connectivity index (χ2n) is 5.83. The van der Waals surface area contributed by atoms with Crippen LogP contribution in [0, 0.1) is 5.82 Å². The lowest BCUT2D eigenvalue weighted by atomic mass is 10.0. The molecule has 0 saturated heterocycles. The normalized spacial score (nSPS) is 10.6. The Hall–Kier alpha value is -3.67. The van der Waals surface area contributed by atoms with Gasteiger partial charge in [0.15, 0.2) is 5.82 Å². The van der Waals surface area contributed by atoms with E-state index >= 15 is 0 Å². The maximum Gasteiger partial charge on any atom is 0.182 e. The minimum atomic E-state index is -0.316. The highest BCUT2D eigenvalue weighted by atomic mass is 19.1. The van der Waals surface area contributed by atoms with Gasteiger partial charge in [0, 0.05) is 34.6 Å². The number of ether oxygens (including phenoxy) is 1. The van der Waals surface area contributed by atoms with Crippen LogP contribution in [-0.2, 0) is 0 Å². The standard InChI is InChI=1S/C21H15FN4O/c1-27-17-7-4-14(5-8-17)21-25-20(13-24-26-21)15-6-9-19(22)18(11-15)16-3-2-10-23-12-16/h2-13H,1H3. The summed E-state index contributed by atoms with van der Waals surface area (Å²) in [5.41, 5.74) is 3.35. The number of pyridine rings is 1. The molecule has 0 aliphatic carbocycles. The molecule has 6 heteroatoms. The highest BCUT2D eigenvalue weighted by molar-refractivity contribution is 5.72. The van der Waals surface area contributed by atoms with Gasteiger partial charge in [-0.25, -0.2) is 9.37 Å². The first-order valence-corrected chi connectivity index (χ1v) is 8.29. The molecule has 0 bridgehead atoms. The molecular formula is C21H15FN4O. The number of halogens is 1. The Morgan fingerprint density at radius 1 is 0.889 bits per heavy atom. The Labute approximate surface area is 155 Å². The third-order valence-electron chi connectivity index (χ3n) is 4.14.